The van der Waals surface area contributed by atoms with Crippen LogP contribution in [-0.4, -0.2) is 28.1 Å². The van der Waals surface area contributed by atoms with E-state index in [1.165, 1.54) is 5.56 Å². The highest BCUT2D eigenvalue weighted by molar-refractivity contribution is 5.95. The molecule has 0 amide bonds. The summed E-state index contributed by atoms with van der Waals surface area (Å²) in [6, 6.07) is 10.1. The number of unbranched alkanes of at least 4 members (excludes halogenated alkanes) is 1. The summed E-state index contributed by atoms with van der Waals surface area (Å²) in [6.45, 7) is 0. The minimum atomic E-state index is -0.783. The van der Waals surface area contributed by atoms with Crippen molar-refractivity contribution in [3.8, 4) is 0 Å². The number of ketones is 1. The molecule has 0 spiro atoms. The van der Waals surface area contributed by atoms with E-state index in [1.54, 1.807) is 12.2 Å². The van der Waals surface area contributed by atoms with Crippen molar-refractivity contribution in [1.29, 1.82) is 0 Å². The normalized spacial score (nSPS) is 20.7. The Hall–Kier alpha value is -2.46. The van der Waals surface area contributed by atoms with E-state index in [4.69, 9.17) is 5.11 Å². The van der Waals surface area contributed by atoms with Crippen LogP contribution in [0.1, 0.15) is 37.7 Å². The molecule has 0 bridgehead atoms. The van der Waals surface area contributed by atoms with E-state index in [9.17, 15) is 14.7 Å². The van der Waals surface area contributed by atoms with Crippen molar-refractivity contribution in [3.05, 3.63) is 72.4 Å². The molecule has 2 N–H and O–H groups in total. The highest BCUT2D eigenvalue weighted by Crippen LogP contribution is 2.27. The monoisotopic (exact) mass is 368 g/mol. The fraction of sp³-hybridized carbons (Fsp3) is 0.391. The topological polar surface area (TPSA) is 74.6 Å². The van der Waals surface area contributed by atoms with Crippen LogP contribution in [-0.2, 0) is 16.0 Å². The molecule has 4 nitrogen and oxygen atoms in total. The maximum Gasteiger partial charge on any atom is 0.303 e. The number of rotatable bonds is 11. The minimum absolute atomic E-state index is 0.00699. The lowest BCUT2D eigenvalue weighted by molar-refractivity contribution is -0.137. The number of benzene rings is 1. The molecule has 3 atom stereocenters. The van der Waals surface area contributed by atoms with Crippen LogP contribution in [0.2, 0.25) is 0 Å². The average molecular weight is 368 g/mol. The number of hydrogen-bond acceptors (Lipinski definition) is 3. The number of carboxylic acids is 1. The number of carboxylic acid groups (broad SMARTS) is 1. The van der Waals surface area contributed by atoms with Crippen molar-refractivity contribution in [2.24, 2.45) is 11.8 Å². The van der Waals surface area contributed by atoms with Crippen molar-refractivity contribution in [1.82, 2.24) is 0 Å². The first-order valence-electron chi connectivity index (χ1n) is 9.55. The Morgan fingerprint density at radius 3 is 2.70 bits per heavy atom. The van der Waals surface area contributed by atoms with Gasteiger partial charge >= 0.3 is 5.97 Å². The van der Waals surface area contributed by atoms with E-state index in [0.29, 0.717) is 25.7 Å². The predicted molar refractivity (Wildman–Crippen MR) is 106 cm³/mol. The molecule has 1 aromatic carbocycles. The number of aliphatic hydroxyl groups excluding tert-OH is 1. The number of hydrogen-bond donors (Lipinski definition) is 2. The third kappa shape index (κ3) is 7.75. The molecule has 144 valence electrons. The lowest BCUT2D eigenvalue weighted by Crippen LogP contribution is -2.14. The van der Waals surface area contributed by atoms with Crippen molar-refractivity contribution in [2.75, 3.05) is 0 Å². The number of carbonyl (C=O) groups is 2. The first kappa shape index (κ1) is 20.8. The summed E-state index contributed by atoms with van der Waals surface area (Å²) in [5.74, 6) is -0.793. The molecular formula is C23H28O4. The molecule has 0 aliphatic heterocycles. The van der Waals surface area contributed by atoms with Crippen LogP contribution in [0.4, 0.5) is 0 Å². The molecule has 0 unspecified atom stereocenters. The van der Waals surface area contributed by atoms with Gasteiger partial charge in [-0.25, -0.2) is 0 Å². The molecule has 27 heavy (non-hydrogen) atoms. The molecule has 0 radical (unpaired) electrons. The van der Waals surface area contributed by atoms with Gasteiger partial charge in [0.25, 0.3) is 0 Å². The van der Waals surface area contributed by atoms with Gasteiger partial charge in [0.2, 0.25) is 0 Å². The van der Waals surface area contributed by atoms with Gasteiger partial charge in [0.05, 0.1) is 6.10 Å². The van der Waals surface area contributed by atoms with Gasteiger partial charge in [-0.2, -0.15) is 0 Å². The number of carbonyl (C=O) groups excluding carboxylic acids is 1. The maximum atomic E-state index is 12.1. The Bertz CT molecular complexity index is 688. The van der Waals surface area contributed by atoms with Crippen LogP contribution in [0.5, 0.6) is 0 Å². The number of aliphatic hydroxyl groups is 1. The second kappa shape index (κ2) is 11.3. The van der Waals surface area contributed by atoms with Crippen LogP contribution in [0.15, 0.2) is 66.8 Å². The van der Waals surface area contributed by atoms with Crippen molar-refractivity contribution < 1.29 is 19.8 Å². The largest absolute Gasteiger partial charge is 0.481 e. The number of allylic oxidation sites excluding steroid dienone is 5. The van der Waals surface area contributed by atoms with Gasteiger partial charge in [0, 0.05) is 18.3 Å². The number of aliphatic carboxylic acids is 1. The van der Waals surface area contributed by atoms with Crippen molar-refractivity contribution in [2.45, 2.75) is 44.6 Å². The SMILES string of the molecule is O=C(O)CCC/C=C\C[C@H]1C(=O)C=C[C@@H]1/C=C/[C@H](O)CCc1ccccc1. The summed E-state index contributed by atoms with van der Waals surface area (Å²) in [4.78, 5) is 22.5. The Morgan fingerprint density at radius 1 is 1.19 bits per heavy atom. The van der Waals surface area contributed by atoms with Crippen LogP contribution >= 0.6 is 0 Å². The third-order valence-electron chi connectivity index (χ3n) is 4.76. The Labute approximate surface area is 160 Å². The number of aryl methyl sites for hydroxylation is 1. The second-order valence-electron chi connectivity index (χ2n) is 6.91. The van der Waals surface area contributed by atoms with E-state index >= 15 is 0 Å². The van der Waals surface area contributed by atoms with E-state index < -0.39 is 12.1 Å². The Kier molecular flexibility index (Phi) is 8.72. The van der Waals surface area contributed by atoms with E-state index in [2.05, 4.69) is 0 Å². The molecule has 2 rings (SSSR count). The zero-order valence-corrected chi connectivity index (χ0v) is 15.5. The smallest absolute Gasteiger partial charge is 0.303 e. The second-order valence-corrected chi connectivity index (χ2v) is 6.91. The van der Waals surface area contributed by atoms with Crippen molar-refractivity contribution >= 4 is 11.8 Å². The quantitative estimate of drug-likeness (QED) is 0.455. The molecular weight excluding hydrogens is 340 g/mol. The van der Waals surface area contributed by atoms with Crippen LogP contribution in [0, 0.1) is 11.8 Å². The summed E-state index contributed by atoms with van der Waals surface area (Å²) in [6.07, 6.45) is 14.2. The molecule has 0 aromatic heterocycles. The van der Waals surface area contributed by atoms with Crippen molar-refractivity contribution in [3.63, 3.8) is 0 Å². The van der Waals surface area contributed by atoms with Gasteiger partial charge in [-0.15, -0.1) is 0 Å². The highest BCUT2D eigenvalue weighted by Gasteiger charge is 2.27. The molecule has 0 saturated carbocycles. The minimum Gasteiger partial charge on any atom is -0.481 e. The fourth-order valence-electron chi connectivity index (χ4n) is 3.17. The molecule has 1 aromatic rings. The Balaban J connectivity index is 1.76. The fourth-order valence-corrected chi connectivity index (χ4v) is 3.17. The summed E-state index contributed by atoms with van der Waals surface area (Å²) < 4.78 is 0. The van der Waals surface area contributed by atoms with Gasteiger partial charge in [0.15, 0.2) is 5.78 Å². The molecule has 4 heteroatoms. The third-order valence-corrected chi connectivity index (χ3v) is 4.76. The van der Waals surface area contributed by atoms with Crippen LogP contribution < -0.4 is 0 Å². The molecule has 0 heterocycles. The summed E-state index contributed by atoms with van der Waals surface area (Å²) in [7, 11) is 0. The first-order chi connectivity index (χ1) is 13.1. The highest BCUT2D eigenvalue weighted by atomic mass is 16.4. The predicted octanol–water partition coefficient (Wildman–Crippen LogP) is 4.11. The van der Waals surface area contributed by atoms with Crippen LogP contribution in [0.3, 0.4) is 0 Å². The summed E-state index contributed by atoms with van der Waals surface area (Å²) in [5, 5.41) is 18.8. The molecule has 1 aliphatic rings. The average Bonchev–Trinajstić information content (AvgIpc) is 3.01. The summed E-state index contributed by atoms with van der Waals surface area (Å²) in [5.41, 5.74) is 1.20. The standard InChI is InChI=1S/C23H28O4/c24-20(15-12-18-8-4-3-5-9-18)16-13-19-14-17-22(25)21(19)10-6-1-2-7-11-23(26)27/h1,3-6,8-9,13-14,16-17,19-21,24H,2,7,10-12,15H2,(H,26,27)/b6-1-,16-13+/t19-,20+,21+/m0/s1. The van der Waals surface area contributed by atoms with E-state index in [-0.39, 0.29) is 24.0 Å². The van der Waals surface area contributed by atoms with Gasteiger partial charge in [-0.05, 0) is 43.7 Å². The van der Waals surface area contributed by atoms with Gasteiger partial charge in [0.1, 0.15) is 0 Å². The van der Waals surface area contributed by atoms with Gasteiger partial charge in [-0.3, -0.25) is 9.59 Å². The first-order valence-corrected chi connectivity index (χ1v) is 9.55. The van der Waals surface area contributed by atoms with E-state index in [0.717, 1.165) is 6.42 Å². The van der Waals surface area contributed by atoms with Gasteiger partial charge in [-0.1, -0.05) is 60.7 Å². The lowest BCUT2D eigenvalue weighted by atomic mass is 9.90. The Morgan fingerprint density at radius 2 is 1.96 bits per heavy atom. The molecule has 0 saturated heterocycles. The zero-order chi connectivity index (χ0) is 19.5. The van der Waals surface area contributed by atoms with E-state index in [1.807, 2.05) is 54.6 Å². The van der Waals surface area contributed by atoms with Gasteiger partial charge < -0.3 is 10.2 Å². The maximum absolute atomic E-state index is 12.1. The lowest BCUT2D eigenvalue weighted by Gasteiger charge is -2.13. The summed E-state index contributed by atoms with van der Waals surface area (Å²) >= 11 is 0. The molecule has 1 aliphatic carbocycles. The molecule has 0 fully saturated rings. The zero-order valence-electron chi connectivity index (χ0n) is 15.5. The van der Waals surface area contributed by atoms with Crippen LogP contribution in [0.25, 0.3) is 0 Å².